The first-order chi connectivity index (χ1) is 12.9. The van der Waals surface area contributed by atoms with Crippen LogP contribution in [0.5, 0.6) is 0 Å². The lowest BCUT2D eigenvalue weighted by Gasteiger charge is -2.39. The number of nitrogens with one attached hydrogen (secondary N) is 2. The van der Waals surface area contributed by atoms with Crippen molar-refractivity contribution in [3.63, 3.8) is 0 Å². The highest BCUT2D eigenvalue weighted by atomic mass is 35.5. The molecule has 0 spiro atoms. The first-order valence-corrected chi connectivity index (χ1v) is 9.07. The number of anilines is 1. The number of halogens is 1. The summed E-state index contributed by atoms with van der Waals surface area (Å²) in [4.78, 5) is 25.1. The van der Waals surface area contributed by atoms with Crippen LogP contribution in [0.4, 0.5) is 10.5 Å². The second-order valence-corrected chi connectivity index (χ2v) is 6.98. The highest BCUT2D eigenvalue weighted by Crippen LogP contribution is 2.39. The minimum atomic E-state index is -1.06. The quantitative estimate of drug-likeness (QED) is 0.722. The largest absolute Gasteiger partial charge is 0.465 e. The Morgan fingerprint density at radius 2 is 1.79 bits per heavy atom. The van der Waals surface area contributed by atoms with Crippen LogP contribution in [0, 0.1) is 0 Å². The highest BCUT2D eigenvalue weighted by Gasteiger charge is 2.33. The first-order valence-electron chi connectivity index (χ1n) is 9.07. The van der Waals surface area contributed by atoms with Gasteiger partial charge in [0.25, 0.3) is 0 Å². The summed E-state index contributed by atoms with van der Waals surface area (Å²) in [6, 6.07) is 13.7. The third-order valence-corrected chi connectivity index (χ3v) is 4.99. The van der Waals surface area contributed by atoms with E-state index in [1.54, 1.807) is 11.8 Å². The average Bonchev–Trinajstić information content (AvgIpc) is 2.61. The molecule has 0 unspecified atom stereocenters. The van der Waals surface area contributed by atoms with E-state index in [4.69, 9.17) is 0 Å². The van der Waals surface area contributed by atoms with Crippen molar-refractivity contribution < 1.29 is 14.7 Å². The van der Waals surface area contributed by atoms with Crippen LogP contribution in [-0.4, -0.2) is 30.2 Å². The molecular formula is C21H26ClN3O3. The van der Waals surface area contributed by atoms with E-state index in [9.17, 15) is 14.7 Å². The molecule has 2 aromatic carbocycles. The fourth-order valence-corrected chi connectivity index (χ4v) is 3.83. The van der Waals surface area contributed by atoms with Gasteiger partial charge in [0.1, 0.15) is 0 Å². The van der Waals surface area contributed by atoms with E-state index >= 15 is 0 Å². The van der Waals surface area contributed by atoms with Crippen molar-refractivity contribution in [1.82, 2.24) is 10.6 Å². The van der Waals surface area contributed by atoms with Crippen molar-refractivity contribution in [3.8, 4) is 11.1 Å². The summed E-state index contributed by atoms with van der Waals surface area (Å²) in [7, 11) is 1.91. The third-order valence-electron chi connectivity index (χ3n) is 4.99. The molecule has 150 valence electrons. The molecule has 1 heterocycles. The monoisotopic (exact) mass is 403 g/mol. The van der Waals surface area contributed by atoms with E-state index in [1.807, 2.05) is 32.2 Å². The summed E-state index contributed by atoms with van der Waals surface area (Å²) in [6.07, 6.45) is -0.514. The second-order valence-electron chi connectivity index (χ2n) is 6.98. The molecule has 3 rings (SSSR count). The smallest absolute Gasteiger partial charge is 0.405 e. The van der Waals surface area contributed by atoms with E-state index in [0.29, 0.717) is 6.42 Å². The van der Waals surface area contributed by atoms with Crippen LogP contribution >= 0.6 is 12.4 Å². The number of benzene rings is 2. The van der Waals surface area contributed by atoms with Crippen molar-refractivity contribution in [3.05, 3.63) is 53.6 Å². The van der Waals surface area contributed by atoms with Crippen LogP contribution in [0.25, 0.3) is 11.1 Å². The van der Waals surface area contributed by atoms with Crippen LogP contribution in [0.3, 0.4) is 0 Å². The minimum Gasteiger partial charge on any atom is -0.465 e. The van der Waals surface area contributed by atoms with E-state index in [-0.39, 0.29) is 30.4 Å². The van der Waals surface area contributed by atoms with Gasteiger partial charge in [0.15, 0.2) is 0 Å². The molecule has 0 fully saturated rings. The molecule has 2 amide bonds. The van der Waals surface area contributed by atoms with Gasteiger partial charge in [-0.05, 0) is 54.8 Å². The van der Waals surface area contributed by atoms with Crippen molar-refractivity contribution >= 4 is 30.1 Å². The number of nitrogens with zero attached hydrogens (tertiary/aromatic N) is 1. The third kappa shape index (κ3) is 4.46. The number of hydrogen-bond acceptors (Lipinski definition) is 3. The van der Waals surface area contributed by atoms with E-state index in [1.165, 1.54) is 5.56 Å². The molecule has 0 radical (unpaired) electrons. The van der Waals surface area contributed by atoms with Gasteiger partial charge in [0.2, 0.25) is 5.91 Å². The van der Waals surface area contributed by atoms with Crippen LogP contribution in [0.15, 0.2) is 42.5 Å². The zero-order valence-electron chi connectivity index (χ0n) is 16.2. The van der Waals surface area contributed by atoms with E-state index in [0.717, 1.165) is 28.9 Å². The molecule has 0 aliphatic carbocycles. The molecule has 6 nitrogen and oxygen atoms in total. The molecule has 2 aromatic rings. The maximum absolute atomic E-state index is 12.1. The van der Waals surface area contributed by atoms with E-state index < -0.39 is 6.09 Å². The normalized spacial score (nSPS) is 18.0. The van der Waals surface area contributed by atoms with Crippen molar-refractivity contribution in [1.29, 1.82) is 0 Å². The standard InChI is InChI=1S/C21H25N3O3.ClH/c1-13-10-19(23-21(26)27)18-11-17(8-9-20(18)24(13)14(2)25)16-6-4-15(5-7-16)12-22-3;/h4-9,11,13,19,22-23H,10,12H2,1-3H3,(H,26,27);1H/t13-,19+;/m1./s1. The van der Waals surface area contributed by atoms with Gasteiger partial charge in [-0.15, -0.1) is 12.4 Å². The number of fused-ring (bicyclic) bond motifs is 1. The summed E-state index contributed by atoms with van der Waals surface area (Å²) in [5.41, 5.74) is 4.86. The first kappa shape index (κ1) is 21.7. The summed E-state index contributed by atoms with van der Waals surface area (Å²) < 4.78 is 0. The van der Waals surface area contributed by atoms with Crippen molar-refractivity contribution in [2.75, 3.05) is 11.9 Å². The van der Waals surface area contributed by atoms with Gasteiger partial charge in [-0.3, -0.25) is 4.79 Å². The lowest BCUT2D eigenvalue weighted by atomic mass is 9.89. The van der Waals surface area contributed by atoms with Crippen LogP contribution in [0.1, 0.15) is 37.4 Å². The topological polar surface area (TPSA) is 81.7 Å². The highest BCUT2D eigenvalue weighted by molar-refractivity contribution is 5.94. The van der Waals surface area contributed by atoms with Gasteiger partial charge in [-0.1, -0.05) is 30.3 Å². The number of carboxylic acid groups (broad SMARTS) is 1. The molecule has 0 bridgehead atoms. The number of carbonyl (C=O) groups excluding carboxylic acids is 1. The minimum absolute atomic E-state index is 0. The molecule has 7 heteroatoms. The molecule has 0 saturated carbocycles. The lowest BCUT2D eigenvalue weighted by molar-refractivity contribution is -0.117. The lowest BCUT2D eigenvalue weighted by Crippen LogP contribution is -2.45. The summed E-state index contributed by atoms with van der Waals surface area (Å²) >= 11 is 0. The maximum atomic E-state index is 12.1. The van der Waals surface area contributed by atoms with Crippen LogP contribution in [-0.2, 0) is 11.3 Å². The summed E-state index contributed by atoms with van der Waals surface area (Å²) in [5.74, 6) is -0.0401. The fourth-order valence-electron chi connectivity index (χ4n) is 3.83. The predicted octanol–water partition coefficient (Wildman–Crippen LogP) is 3.95. The Bertz CT molecular complexity index is 854. The molecule has 3 N–H and O–H groups in total. The molecule has 2 atom stereocenters. The Kier molecular flexibility index (Phi) is 7.05. The summed E-state index contributed by atoms with van der Waals surface area (Å²) in [5, 5.41) is 15.0. The molecule has 0 aromatic heterocycles. The van der Waals surface area contributed by atoms with Gasteiger partial charge in [0.05, 0.1) is 6.04 Å². The van der Waals surface area contributed by atoms with Crippen molar-refractivity contribution in [2.24, 2.45) is 0 Å². The zero-order chi connectivity index (χ0) is 19.6. The second kappa shape index (κ2) is 9.08. The van der Waals surface area contributed by atoms with Gasteiger partial charge in [-0.2, -0.15) is 0 Å². The Morgan fingerprint density at radius 1 is 1.14 bits per heavy atom. The average molecular weight is 404 g/mol. The van der Waals surface area contributed by atoms with Crippen LogP contribution in [0.2, 0.25) is 0 Å². The number of hydrogen-bond donors (Lipinski definition) is 3. The Labute approximate surface area is 171 Å². The number of amides is 2. The molecule has 28 heavy (non-hydrogen) atoms. The predicted molar refractivity (Wildman–Crippen MR) is 113 cm³/mol. The van der Waals surface area contributed by atoms with Gasteiger partial charge < -0.3 is 20.6 Å². The number of carbonyl (C=O) groups is 2. The molecular weight excluding hydrogens is 378 g/mol. The van der Waals surface area contributed by atoms with Gasteiger partial charge >= 0.3 is 6.09 Å². The van der Waals surface area contributed by atoms with Gasteiger partial charge in [0, 0.05) is 25.2 Å². The zero-order valence-corrected chi connectivity index (χ0v) is 17.0. The Balaban J connectivity index is 0.00000280. The molecule has 1 aliphatic heterocycles. The Hall–Kier alpha value is -2.57. The van der Waals surface area contributed by atoms with Crippen molar-refractivity contribution in [2.45, 2.75) is 38.9 Å². The fraction of sp³-hybridized carbons (Fsp3) is 0.333. The molecule has 0 saturated heterocycles. The van der Waals surface area contributed by atoms with E-state index in [2.05, 4.69) is 34.9 Å². The molecule has 1 aliphatic rings. The van der Waals surface area contributed by atoms with Crippen LogP contribution < -0.4 is 15.5 Å². The maximum Gasteiger partial charge on any atom is 0.405 e. The number of rotatable bonds is 4. The Morgan fingerprint density at radius 3 is 2.36 bits per heavy atom. The SMILES string of the molecule is CNCc1ccc(-c2ccc3c(c2)[C@@H](NC(=O)O)C[C@@H](C)N3C(C)=O)cc1.Cl. The van der Waals surface area contributed by atoms with Gasteiger partial charge in [-0.25, -0.2) is 4.79 Å². The summed E-state index contributed by atoms with van der Waals surface area (Å²) in [6.45, 7) is 4.29.